The number of hydrogen-bond acceptors (Lipinski definition) is 3. The molecular weight excluding hydrogens is 607 g/mol. The second-order valence-corrected chi connectivity index (χ2v) is 7.26. The van der Waals surface area contributed by atoms with Gasteiger partial charge in [0.05, 0.1) is 11.1 Å². The van der Waals surface area contributed by atoms with Crippen LogP contribution in [0.2, 0.25) is 0 Å². The summed E-state index contributed by atoms with van der Waals surface area (Å²) in [4.78, 5) is 21.7. The van der Waals surface area contributed by atoms with Gasteiger partial charge in [-0.05, 0) is 18.2 Å². The van der Waals surface area contributed by atoms with E-state index < -0.39 is 83.1 Å². The summed E-state index contributed by atoms with van der Waals surface area (Å²) < 4.78 is 231. The van der Waals surface area contributed by atoms with Crippen LogP contribution >= 0.6 is 0 Å². The maximum atomic E-state index is 13.9. The molecule has 22 heteroatoms. The molecule has 0 atom stereocenters. The first-order chi connectivity index (χ1) is 17.0. The van der Waals surface area contributed by atoms with Gasteiger partial charge in [0.15, 0.2) is 6.67 Å². The molecule has 5 nitrogen and oxygen atoms in total. The van der Waals surface area contributed by atoms with Crippen LogP contribution in [0.3, 0.4) is 0 Å². The van der Waals surface area contributed by atoms with E-state index in [4.69, 9.17) is 10.2 Å². The molecule has 0 spiro atoms. The fourth-order valence-corrected chi connectivity index (χ4v) is 2.40. The van der Waals surface area contributed by atoms with E-state index in [0.29, 0.717) is 0 Å². The molecule has 1 aromatic rings. The lowest BCUT2D eigenvalue weighted by atomic mass is 9.89. The van der Waals surface area contributed by atoms with Crippen molar-refractivity contribution in [3.8, 4) is 5.75 Å². The SMILES string of the molecule is O=C(O)c1cc(OC(F)(F)C(F)(F)C(F)(F)C(F)(F)C(F)(F)C(F)(F)C(F)(F)C(F)(F)CF)cc(C(=O)O)c1. The van der Waals surface area contributed by atoms with E-state index >= 15 is 0 Å². The lowest BCUT2D eigenvalue weighted by Crippen LogP contribution is -2.75. The number of ether oxygens (including phenoxy) is 1. The van der Waals surface area contributed by atoms with Gasteiger partial charge in [-0.2, -0.15) is 70.2 Å². The van der Waals surface area contributed by atoms with E-state index in [-0.39, 0.29) is 18.2 Å². The van der Waals surface area contributed by atoms with Crippen molar-refractivity contribution in [2.45, 2.75) is 47.6 Å². The average Bonchev–Trinajstić information content (AvgIpc) is 2.77. The predicted octanol–water partition coefficient (Wildman–Crippen LogP) is 6.47. The maximum Gasteiger partial charge on any atom is 0.471 e. The summed E-state index contributed by atoms with van der Waals surface area (Å²) in [5.74, 6) is -64.5. The van der Waals surface area contributed by atoms with E-state index in [9.17, 15) is 84.2 Å². The van der Waals surface area contributed by atoms with Crippen molar-refractivity contribution in [2.24, 2.45) is 0 Å². The fraction of sp³-hybridized carbons (Fsp3) is 0.529. The van der Waals surface area contributed by atoms with E-state index in [2.05, 4.69) is 4.74 Å². The summed E-state index contributed by atoms with van der Waals surface area (Å²) in [5, 5.41) is 17.4. The number of carbonyl (C=O) groups is 2. The number of rotatable bonds is 12. The Bertz CT molecular complexity index is 1080. The van der Waals surface area contributed by atoms with Gasteiger partial charge in [-0.3, -0.25) is 0 Å². The van der Waals surface area contributed by atoms with E-state index in [1.807, 2.05) is 0 Å². The largest absolute Gasteiger partial charge is 0.478 e. The summed E-state index contributed by atoms with van der Waals surface area (Å²) in [7, 11) is 0. The van der Waals surface area contributed by atoms with Crippen LogP contribution in [0.5, 0.6) is 5.75 Å². The zero-order valence-corrected chi connectivity index (χ0v) is 17.5. The van der Waals surface area contributed by atoms with Crippen molar-refractivity contribution in [3.05, 3.63) is 29.3 Å². The standard InChI is InChI=1S/C17H7F17O5/c18-4-10(19,20)11(21,22)12(23,24)13(25,26)14(27,28)15(29,30)16(31,32)17(33,34)39-7-2-5(8(35)36)1-6(3-7)9(37)38/h1-3H,4H2,(H,35,36)(H,37,38). The molecule has 0 aliphatic heterocycles. The Labute approximate surface area is 201 Å². The molecule has 0 aliphatic rings. The number of aromatic carboxylic acids is 2. The van der Waals surface area contributed by atoms with Crippen molar-refractivity contribution >= 4 is 11.9 Å². The Morgan fingerprint density at radius 3 is 1.18 bits per heavy atom. The Morgan fingerprint density at radius 1 is 0.564 bits per heavy atom. The summed E-state index contributed by atoms with van der Waals surface area (Å²) in [6.45, 7) is -4.01. The third-order valence-electron chi connectivity index (χ3n) is 4.61. The average molecular weight is 614 g/mol. The van der Waals surface area contributed by atoms with Crippen LogP contribution in [-0.2, 0) is 0 Å². The lowest BCUT2D eigenvalue weighted by molar-refractivity contribution is -0.465. The maximum absolute atomic E-state index is 13.9. The summed E-state index contributed by atoms with van der Waals surface area (Å²) >= 11 is 0. The molecular formula is C17H7F17O5. The van der Waals surface area contributed by atoms with Gasteiger partial charge in [0.1, 0.15) is 5.75 Å². The highest BCUT2D eigenvalue weighted by Gasteiger charge is 2.95. The lowest BCUT2D eigenvalue weighted by Gasteiger charge is -2.43. The van der Waals surface area contributed by atoms with Gasteiger partial charge >= 0.3 is 59.5 Å². The molecule has 2 N–H and O–H groups in total. The second-order valence-electron chi connectivity index (χ2n) is 7.26. The van der Waals surface area contributed by atoms with Gasteiger partial charge in [0, 0.05) is 0 Å². The third-order valence-corrected chi connectivity index (χ3v) is 4.61. The molecule has 0 radical (unpaired) electrons. The highest BCUT2D eigenvalue weighted by atomic mass is 19.4. The van der Waals surface area contributed by atoms with Crippen molar-refractivity contribution < 1.29 is 99.2 Å². The van der Waals surface area contributed by atoms with E-state index in [1.54, 1.807) is 0 Å². The Morgan fingerprint density at radius 2 is 0.872 bits per heavy atom. The Hall–Kier alpha value is -3.23. The van der Waals surface area contributed by atoms with Crippen LogP contribution in [0.25, 0.3) is 0 Å². The molecule has 0 heterocycles. The summed E-state index contributed by atoms with van der Waals surface area (Å²) in [6, 6.07) is -0.526. The quantitative estimate of drug-likeness (QED) is 0.264. The van der Waals surface area contributed by atoms with Crippen molar-refractivity contribution in [3.63, 3.8) is 0 Å². The fourth-order valence-electron chi connectivity index (χ4n) is 2.40. The molecule has 1 aromatic carbocycles. The molecule has 0 aromatic heterocycles. The minimum absolute atomic E-state index is 0.118. The van der Waals surface area contributed by atoms with Crippen LogP contribution in [0, 0.1) is 0 Å². The van der Waals surface area contributed by atoms with Crippen molar-refractivity contribution in [1.29, 1.82) is 0 Å². The van der Waals surface area contributed by atoms with Gasteiger partial charge in [0.25, 0.3) is 0 Å². The van der Waals surface area contributed by atoms with Crippen molar-refractivity contribution in [2.75, 3.05) is 6.67 Å². The number of benzene rings is 1. The number of hydrogen-bond donors (Lipinski definition) is 2. The summed E-state index contributed by atoms with van der Waals surface area (Å²) in [5.41, 5.74) is -2.85. The highest BCUT2D eigenvalue weighted by molar-refractivity contribution is 5.94. The number of carboxylic acid groups (broad SMARTS) is 2. The van der Waals surface area contributed by atoms with Gasteiger partial charge in [-0.25, -0.2) is 14.0 Å². The highest BCUT2D eigenvalue weighted by Crippen LogP contribution is 2.63. The summed E-state index contributed by atoms with van der Waals surface area (Å²) in [6.07, 6.45) is -7.32. The third kappa shape index (κ3) is 4.85. The Balaban J connectivity index is 3.71. The van der Waals surface area contributed by atoms with Gasteiger partial charge < -0.3 is 14.9 Å². The molecule has 0 amide bonds. The number of carboxylic acids is 2. The van der Waals surface area contributed by atoms with E-state index in [0.717, 1.165) is 0 Å². The molecule has 0 saturated heterocycles. The Kier molecular flexibility index (Phi) is 8.19. The van der Waals surface area contributed by atoms with Crippen LogP contribution in [-0.4, -0.2) is 76.4 Å². The normalized spacial score (nSPS) is 14.8. The zero-order chi connectivity index (χ0) is 31.4. The van der Waals surface area contributed by atoms with Gasteiger partial charge in [-0.15, -0.1) is 0 Å². The molecule has 0 aliphatic carbocycles. The van der Waals surface area contributed by atoms with Crippen LogP contribution < -0.4 is 4.74 Å². The second kappa shape index (κ2) is 9.45. The molecule has 224 valence electrons. The van der Waals surface area contributed by atoms with Crippen LogP contribution in [0.15, 0.2) is 18.2 Å². The first-order valence-corrected chi connectivity index (χ1v) is 8.89. The minimum Gasteiger partial charge on any atom is -0.478 e. The molecule has 1 rings (SSSR count). The van der Waals surface area contributed by atoms with Crippen molar-refractivity contribution in [1.82, 2.24) is 0 Å². The first-order valence-electron chi connectivity index (χ1n) is 8.89. The molecule has 0 saturated carbocycles. The van der Waals surface area contributed by atoms with E-state index in [1.165, 1.54) is 0 Å². The van der Waals surface area contributed by atoms with Crippen LogP contribution in [0.1, 0.15) is 20.7 Å². The number of halogens is 17. The molecule has 0 unspecified atom stereocenters. The van der Waals surface area contributed by atoms with Crippen LogP contribution in [0.4, 0.5) is 74.6 Å². The molecule has 0 fully saturated rings. The molecule has 39 heavy (non-hydrogen) atoms. The smallest absolute Gasteiger partial charge is 0.471 e. The predicted molar refractivity (Wildman–Crippen MR) is 86.5 cm³/mol. The van der Waals surface area contributed by atoms with Gasteiger partial charge in [-0.1, -0.05) is 0 Å². The first kappa shape index (κ1) is 33.8. The topological polar surface area (TPSA) is 83.8 Å². The minimum atomic E-state index is -8.79. The zero-order valence-electron chi connectivity index (χ0n) is 17.5. The monoisotopic (exact) mass is 614 g/mol. The number of alkyl halides is 17. The van der Waals surface area contributed by atoms with Gasteiger partial charge in [0.2, 0.25) is 0 Å². The molecule has 0 bridgehead atoms.